The Bertz CT molecular complexity index is 323. The first-order valence-corrected chi connectivity index (χ1v) is 8.32. The molecule has 0 spiro atoms. The number of thioether (sulfide) groups is 1. The fraction of sp³-hybridized carbons (Fsp3) is 0.625. The lowest BCUT2D eigenvalue weighted by Gasteiger charge is -2.34. The molecule has 2 heteroatoms. The third-order valence-corrected chi connectivity index (χ3v) is 4.31. The van der Waals surface area contributed by atoms with Gasteiger partial charge < -0.3 is 5.32 Å². The van der Waals surface area contributed by atoms with Crippen LogP contribution in [-0.2, 0) is 5.41 Å². The van der Waals surface area contributed by atoms with Gasteiger partial charge in [-0.3, -0.25) is 0 Å². The fourth-order valence-electron chi connectivity index (χ4n) is 2.33. The second-order valence-corrected chi connectivity index (χ2v) is 6.26. The molecule has 0 saturated heterocycles. The van der Waals surface area contributed by atoms with Crippen molar-refractivity contribution in [3.63, 3.8) is 0 Å². The molecule has 1 aromatic carbocycles. The third kappa shape index (κ3) is 4.33. The molecule has 1 rings (SSSR count). The largest absolute Gasteiger partial charge is 0.314 e. The topological polar surface area (TPSA) is 12.0 Å². The molecule has 1 unspecified atom stereocenters. The molecule has 0 radical (unpaired) electrons. The summed E-state index contributed by atoms with van der Waals surface area (Å²) in [6, 6.07) is 11.5. The molecule has 1 N–H and O–H groups in total. The minimum absolute atomic E-state index is 0.286. The van der Waals surface area contributed by atoms with Gasteiger partial charge in [0.2, 0.25) is 0 Å². The van der Waals surface area contributed by atoms with Crippen LogP contribution in [0.25, 0.3) is 0 Å². The van der Waals surface area contributed by atoms with E-state index in [0.29, 0.717) is 6.04 Å². The summed E-state index contributed by atoms with van der Waals surface area (Å²) >= 11 is 1.95. The van der Waals surface area contributed by atoms with Crippen molar-refractivity contribution in [1.29, 1.82) is 0 Å². The van der Waals surface area contributed by atoms with Gasteiger partial charge in [-0.25, -0.2) is 0 Å². The van der Waals surface area contributed by atoms with Gasteiger partial charge in [0.05, 0.1) is 0 Å². The summed E-state index contributed by atoms with van der Waals surface area (Å²) < 4.78 is 0. The minimum Gasteiger partial charge on any atom is -0.314 e. The molecule has 0 saturated carbocycles. The molecule has 18 heavy (non-hydrogen) atoms. The van der Waals surface area contributed by atoms with Gasteiger partial charge in [-0.1, -0.05) is 51.1 Å². The Hall–Kier alpha value is -0.470. The number of hydrogen-bond acceptors (Lipinski definition) is 2. The van der Waals surface area contributed by atoms with Crippen molar-refractivity contribution >= 4 is 11.8 Å². The Kier molecular flexibility index (Phi) is 6.80. The standard InChI is InChI=1S/C16H27NS/c1-5-16(11-12-18-4,13-17-14(2)3)15-9-7-6-8-10-15/h6-10,14,17H,5,11-13H2,1-4H3. The van der Waals surface area contributed by atoms with Gasteiger partial charge in [0, 0.05) is 18.0 Å². The number of nitrogens with one attached hydrogen (secondary N) is 1. The molecular weight excluding hydrogens is 238 g/mol. The molecule has 0 aromatic heterocycles. The van der Waals surface area contributed by atoms with Crippen LogP contribution in [0.15, 0.2) is 30.3 Å². The second kappa shape index (κ2) is 7.85. The van der Waals surface area contributed by atoms with Crippen molar-refractivity contribution in [1.82, 2.24) is 5.32 Å². The third-order valence-electron chi connectivity index (χ3n) is 3.70. The van der Waals surface area contributed by atoms with Gasteiger partial charge >= 0.3 is 0 Å². The quantitative estimate of drug-likeness (QED) is 0.760. The zero-order valence-electron chi connectivity index (χ0n) is 12.2. The summed E-state index contributed by atoms with van der Waals surface area (Å²) in [5.41, 5.74) is 1.77. The molecule has 0 fully saturated rings. The highest BCUT2D eigenvalue weighted by Gasteiger charge is 2.29. The molecule has 0 aliphatic rings. The SMILES string of the molecule is CCC(CCSC)(CNC(C)C)c1ccccc1. The monoisotopic (exact) mass is 265 g/mol. The Morgan fingerprint density at radius 3 is 2.39 bits per heavy atom. The van der Waals surface area contributed by atoms with Gasteiger partial charge in [-0.15, -0.1) is 0 Å². The van der Waals surface area contributed by atoms with E-state index in [9.17, 15) is 0 Å². The van der Waals surface area contributed by atoms with E-state index in [-0.39, 0.29) is 5.41 Å². The minimum atomic E-state index is 0.286. The summed E-state index contributed by atoms with van der Waals surface area (Å²) in [5, 5.41) is 3.64. The van der Waals surface area contributed by atoms with Crippen LogP contribution in [0.1, 0.15) is 39.2 Å². The molecule has 1 nitrogen and oxygen atoms in total. The van der Waals surface area contributed by atoms with E-state index in [0.717, 1.165) is 6.54 Å². The van der Waals surface area contributed by atoms with Crippen molar-refractivity contribution in [3.8, 4) is 0 Å². The van der Waals surface area contributed by atoms with Crippen molar-refractivity contribution in [2.75, 3.05) is 18.6 Å². The fourth-order valence-corrected chi connectivity index (χ4v) is 2.92. The summed E-state index contributed by atoms with van der Waals surface area (Å²) in [7, 11) is 0. The van der Waals surface area contributed by atoms with Crippen LogP contribution < -0.4 is 5.32 Å². The predicted molar refractivity (Wildman–Crippen MR) is 84.5 cm³/mol. The normalized spacial score (nSPS) is 14.7. The van der Waals surface area contributed by atoms with Crippen LogP contribution >= 0.6 is 11.8 Å². The lowest BCUT2D eigenvalue weighted by molar-refractivity contribution is 0.357. The molecule has 0 amide bonds. The van der Waals surface area contributed by atoms with Crippen molar-refractivity contribution in [2.45, 2.75) is 45.1 Å². The van der Waals surface area contributed by atoms with Crippen LogP contribution in [0.4, 0.5) is 0 Å². The first-order chi connectivity index (χ1) is 8.64. The van der Waals surface area contributed by atoms with Crippen LogP contribution in [-0.4, -0.2) is 24.6 Å². The van der Waals surface area contributed by atoms with E-state index in [4.69, 9.17) is 0 Å². The van der Waals surface area contributed by atoms with Crippen molar-refractivity contribution < 1.29 is 0 Å². The van der Waals surface area contributed by atoms with Gasteiger partial charge in [0.25, 0.3) is 0 Å². The van der Waals surface area contributed by atoms with Crippen molar-refractivity contribution in [3.05, 3.63) is 35.9 Å². The molecule has 1 atom stereocenters. The van der Waals surface area contributed by atoms with Gasteiger partial charge in [-0.05, 0) is 30.4 Å². The molecule has 0 bridgehead atoms. The number of rotatable bonds is 8. The maximum absolute atomic E-state index is 3.64. The van der Waals surface area contributed by atoms with Gasteiger partial charge in [0.1, 0.15) is 0 Å². The summed E-state index contributed by atoms with van der Waals surface area (Å²) in [6.45, 7) is 7.83. The van der Waals surface area contributed by atoms with Crippen molar-refractivity contribution in [2.24, 2.45) is 0 Å². The summed E-state index contributed by atoms with van der Waals surface area (Å²) in [5.74, 6) is 1.22. The van der Waals surface area contributed by atoms with Crippen LogP contribution in [0.2, 0.25) is 0 Å². The lowest BCUT2D eigenvalue weighted by atomic mass is 9.75. The molecule has 0 aliphatic carbocycles. The number of benzene rings is 1. The Morgan fingerprint density at radius 2 is 1.89 bits per heavy atom. The first kappa shape index (κ1) is 15.6. The zero-order valence-corrected chi connectivity index (χ0v) is 13.0. The van der Waals surface area contributed by atoms with E-state index < -0.39 is 0 Å². The second-order valence-electron chi connectivity index (χ2n) is 5.28. The van der Waals surface area contributed by atoms with E-state index in [1.165, 1.54) is 24.2 Å². The maximum atomic E-state index is 3.64. The molecule has 1 aromatic rings. The maximum Gasteiger partial charge on any atom is 0.00830 e. The van der Waals surface area contributed by atoms with Crippen LogP contribution in [0.5, 0.6) is 0 Å². The predicted octanol–water partition coefficient (Wildman–Crippen LogP) is 4.09. The van der Waals surface area contributed by atoms with Gasteiger partial charge in [0.15, 0.2) is 0 Å². The van der Waals surface area contributed by atoms with Crippen LogP contribution in [0.3, 0.4) is 0 Å². The number of hydrogen-bond donors (Lipinski definition) is 1. The average Bonchev–Trinajstić information content (AvgIpc) is 2.40. The van der Waals surface area contributed by atoms with E-state index in [1.54, 1.807) is 0 Å². The Morgan fingerprint density at radius 1 is 1.22 bits per heavy atom. The summed E-state index contributed by atoms with van der Waals surface area (Å²) in [4.78, 5) is 0. The highest BCUT2D eigenvalue weighted by molar-refractivity contribution is 7.98. The first-order valence-electron chi connectivity index (χ1n) is 6.92. The van der Waals surface area contributed by atoms with E-state index in [1.807, 2.05) is 11.8 Å². The Balaban J connectivity index is 2.90. The zero-order chi connectivity index (χ0) is 13.4. The highest BCUT2D eigenvalue weighted by atomic mass is 32.2. The molecule has 102 valence electrons. The van der Waals surface area contributed by atoms with Gasteiger partial charge in [-0.2, -0.15) is 11.8 Å². The van der Waals surface area contributed by atoms with Crippen LogP contribution in [0, 0.1) is 0 Å². The highest BCUT2D eigenvalue weighted by Crippen LogP contribution is 2.32. The van der Waals surface area contributed by atoms with E-state index >= 15 is 0 Å². The molecular formula is C16H27NS. The Labute approximate surface area is 117 Å². The molecule has 0 aliphatic heterocycles. The smallest absolute Gasteiger partial charge is 0.00830 e. The average molecular weight is 265 g/mol. The van der Waals surface area contributed by atoms with E-state index in [2.05, 4.69) is 62.7 Å². The lowest BCUT2D eigenvalue weighted by Crippen LogP contribution is -2.41. The summed E-state index contributed by atoms with van der Waals surface area (Å²) in [6.07, 6.45) is 4.63. The molecule has 0 heterocycles.